The van der Waals surface area contributed by atoms with Gasteiger partial charge in [-0.3, -0.25) is 0 Å². The van der Waals surface area contributed by atoms with Crippen LogP contribution in [0.5, 0.6) is 5.75 Å². The van der Waals surface area contributed by atoms with Gasteiger partial charge in [-0.05, 0) is 32.9 Å². The van der Waals surface area contributed by atoms with Gasteiger partial charge < -0.3 is 14.8 Å². The topological polar surface area (TPSA) is 47.6 Å². The second kappa shape index (κ2) is 5.57. The second-order valence-corrected chi connectivity index (χ2v) is 4.98. The zero-order chi connectivity index (χ0) is 14.0. The van der Waals surface area contributed by atoms with Crippen molar-refractivity contribution in [3.05, 3.63) is 29.1 Å². The number of rotatable bonds is 2. The maximum Gasteiger partial charge on any atom is 0.338 e. The fraction of sp³-hybridized carbons (Fsp3) is 0.500. The molecule has 1 heterocycles. The number of fused-ring (bicyclic) bond motifs is 1. The van der Waals surface area contributed by atoms with Gasteiger partial charge >= 0.3 is 5.97 Å². The Balaban J connectivity index is 2.30. The van der Waals surface area contributed by atoms with Gasteiger partial charge in [0.05, 0.1) is 11.7 Å². The molecular formula is C14H18FNO3. The van der Waals surface area contributed by atoms with Crippen molar-refractivity contribution in [1.82, 2.24) is 5.32 Å². The van der Waals surface area contributed by atoms with Gasteiger partial charge in [0.15, 0.2) is 0 Å². The third-order valence-electron chi connectivity index (χ3n) is 2.85. The Morgan fingerprint density at radius 3 is 2.95 bits per heavy atom. The minimum atomic E-state index is -0.537. The van der Waals surface area contributed by atoms with Crippen molar-refractivity contribution in [3.63, 3.8) is 0 Å². The van der Waals surface area contributed by atoms with Gasteiger partial charge in [0, 0.05) is 18.2 Å². The molecule has 1 aromatic rings. The molecule has 1 aliphatic heterocycles. The van der Waals surface area contributed by atoms with Crippen molar-refractivity contribution < 1.29 is 18.7 Å². The van der Waals surface area contributed by atoms with E-state index in [2.05, 4.69) is 5.32 Å². The van der Waals surface area contributed by atoms with E-state index < -0.39 is 11.8 Å². The maximum atomic E-state index is 14.0. The van der Waals surface area contributed by atoms with Crippen LogP contribution >= 0.6 is 0 Å². The summed E-state index contributed by atoms with van der Waals surface area (Å²) < 4.78 is 24.6. The van der Waals surface area contributed by atoms with E-state index in [0.29, 0.717) is 24.5 Å². The van der Waals surface area contributed by atoms with E-state index in [-0.39, 0.29) is 17.7 Å². The van der Waals surface area contributed by atoms with Crippen molar-refractivity contribution in [1.29, 1.82) is 0 Å². The lowest BCUT2D eigenvalue weighted by atomic mass is 10.1. The van der Waals surface area contributed by atoms with Crippen LogP contribution in [0, 0.1) is 5.82 Å². The number of carbonyl (C=O) groups is 1. The zero-order valence-electron chi connectivity index (χ0n) is 11.3. The summed E-state index contributed by atoms with van der Waals surface area (Å²) in [4.78, 5) is 11.8. The van der Waals surface area contributed by atoms with Gasteiger partial charge in [0.2, 0.25) is 0 Å². The Morgan fingerprint density at radius 1 is 1.53 bits per heavy atom. The predicted molar refractivity (Wildman–Crippen MR) is 68.7 cm³/mol. The third kappa shape index (κ3) is 3.23. The third-order valence-corrected chi connectivity index (χ3v) is 2.85. The van der Waals surface area contributed by atoms with E-state index in [0.717, 1.165) is 0 Å². The van der Waals surface area contributed by atoms with E-state index in [1.807, 2.05) is 6.92 Å². The monoisotopic (exact) mass is 267 g/mol. The summed E-state index contributed by atoms with van der Waals surface area (Å²) in [6, 6.07) is 2.88. The highest BCUT2D eigenvalue weighted by Crippen LogP contribution is 2.26. The Morgan fingerprint density at radius 2 is 2.26 bits per heavy atom. The quantitative estimate of drug-likeness (QED) is 0.835. The Labute approximate surface area is 111 Å². The highest BCUT2D eigenvalue weighted by atomic mass is 19.1. The van der Waals surface area contributed by atoms with Crippen LogP contribution in [0.4, 0.5) is 4.39 Å². The largest absolute Gasteiger partial charge is 0.492 e. The smallest absolute Gasteiger partial charge is 0.338 e. The molecule has 0 spiro atoms. The molecule has 0 fully saturated rings. The first kappa shape index (κ1) is 13.8. The van der Waals surface area contributed by atoms with Crippen LogP contribution in [0.15, 0.2) is 12.1 Å². The molecule has 1 aromatic carbocycles. The average molecular weight is 267 g/mol. The molecule has 0 radical (unpaired) electrons. The van der Waals surface area contributed by atoms with Crippen molar-refractivity contribution in [2.24, 2.45) is 0 Å². The van der Waals surface area contributed by atoms with Gasteiger partial charge in [-0.1, -0.05) is 0 Å². The minimum absolute atomic E-state index is 0.137. The van der Waals surface area contributed by atoms with Crippen molar-refractivity contribution in [3.8, 4) is 5.75 Å². The maximum absolute atomic E-state index is 14.0. The molecule has 0 aliphatic carbocycles. The molecule has 2 rings (SSSR count). The highest BCUT2D eigenvalue weighted by Gasteiger charge is 2.20. The van der Waals surface area contributed by atoms with Crippen LogP contribution in [0.1, 0.15) is 36.7 Å². The molecule has 0 bridgehead atoms. The Hall–Kier alpha value is -1.62. The van der Waals surface area contributed by atoms with E-state index in [9.17, 15) is 9.18 Å². The van der Waals surface area contributed by atoms with E-state index in [4.69, 9.17) is 9.47 Å². The molecule has 4 nitrogen and oxygen atoms in total. The standard InChI is InChI=1S/C14H18FNO3/c1-8(2)19-14(17)10-4-12(15)11-6-16-9(3)7-18-13(11)5-10/h4-5,8-9,16H,6-7H2,1-3H3. The fourth-order valence-electron chi connectivity index (χ4n) is 1.86. The summed E-state index contributed by atoms with van der Waals surface area (Å²) in [7, 11) is 0. The van der Waals surface area contributed by atoms with Crippen molar-refractivity contribution >= 4 is 5.97 Å². The average Bonchev–Trinajstić information content (AvgIpc) is 2.51. The van der Waals surface area contributed by atoms with Crippen LogP contribution in [-0.2, 0) is 11.3 Å². The zero-order valence-corrected chi connectivity index (χ0v) is 11.3. The number of ether oxygens (including phenoxy) is 2. The number of carbonyl (C=O) groups excluding carboxylic acids is 1. The highest BCUT2D eigenvalue weighted by molar-refractivity contribution is 5.90. The van der Waals surface area contributed by atoms with Gasteiger partial charge in [-0.2, -0.15) is 0 Å². The molecule has 19 heavy (non-hydrogen) atoms. The van der Waals surface area contributed by atoms with E-state index >= 15 is 0 Å². The molecule has 1 aliphatic rings. The molecule has 104 valence electrons. The molecule has 0 saturated heterocycles. The van der Waals surface area contributed by atoms with E-state index in [1.54, 1.807) is 19.9 Å². The molecule has 0 saturated carbocycles. The first-order chi connectivity index (χ1) is 8.97. The van der Waals surface area contributed by atoms with Gasteiger partial charge in [0.1, 0.15) is 18.2 Å². The summed E-state index contributed by atoms with van der Waals surface area (Å²) in [5, 5.41) is 3.14. The van der Waals surface area contributed by atoms with Crippen LogP contribution in [0.25, 0.3) is 0 Å². The van der Waals surface area contributed by atoms with Gasteiger partial charge in [0.25, 0.3) is 0 Å². The number of esters is 1. The van der Waals surface area contributed by atoms with Crippen LogP contribution in [-0.4, -0.2) is 24.7 Å². The SMILES string of the molecule is CC1COc2cc(C(=O)OC(C)C)cc(F)c2CN1. The van der Waals surface area contributed by atoms with Crippen LogP contribution in [0.3, 0.4) is 0 Å². The van der Waals surface area contributed by atoms with E-state index in [1.165, 1.54) is 6.07 Å². The minimum Gasteiger partial charge on any atom is -0.492 e. The van der Waals surface area contributed by atoms with Crippen LogP contribution in [0.2, 0.25) is 0 Å². The lowest BCUT2D eigenvalue weighted by molar-refractivity contribution is 0.0377. The summed E-state index contributed by atoms with van der Waals surface area (Å²) in [5.41, 5.74) is 0.630. The second-order valence-electron chi connectivity index (χ2n) is 4.98. The van der Waals surface area contributed by atoms with Gasteiger partial charge in [-0.25, -0.2) is 9.18 Å². The molecular weight excluding hydrogens is 249 g/mol. The first-order valence-electron chi connectivity index (χ1n) is 6.37. The molecule has 1 unspecified atom stereocenters. The summed E-state index contributed by atoms with van der Waals surface area (Å²) >= 11 is 0. The number of halogens is 1. The molecule has 5 heteroatoms. The van der Waals surface area contributed by atoms with Crippen molar-refractivity contribution in [2.75, 3.05) is 6.61 Å². The van der Waals surface area contributed by atoms with Gasteiger partial charge in [-0.15, -0.1) is 0 Å². The summed E-state index contributed by atoms with van der Waals surface area (Å²) in [5.74, 6) is -0.576. The molecule has 1 atom stereocenters. The molecule has 0 aromatic heterocycles. The Kier molecular flexibility index (Phi) is 4.04. The predicted octanol–water partition coefficient (Wildman–Crippen LogP) is 2.26. The summed E-state index contributed by atoms with van der Waals surface area (Å²) in [6.45, 7) is 6.29. The number of benzene rings is 1. The first-order valence-corrected chi connectivity index (χ1v) is 6.37. The van der Waals surface area contributed by atoms with Crippen LogP contribution < -0.4 is 10.1 Å². The lowest BCUT2D eigenvalue weighted by Gasteiger charge is -2.12. The number of hydrogen-bond acceptors (Lipinski definition) is 4. The Bertz CT molecular complexity index is 488. The molecule has 1 N–H and O–H groups in total. The number of hydrogen-bond donors (Lipinski definition) is 1. The fourth-order valence-corrected chi connectivity index (χ4v) is 1.86. The number of nitrogens with one attached hydrogen (secondary N) is 1. The molecule has 0 amide bonds. The van der Waals surface area contributed by atoms with Crippen molar-refractivity contribution in [2.45, 2.75) is 39.5 Å². The summed E-state index contributed by atoms with van der Waals surface area (Å²) in [6.07, 6.45) is -0.239. The normalized spacial score (nSPS) is 18.5. The lowest BCUT2D eigenvalue weighted by Crippen LogP contribution is -2.28.